The summed E-state index contributed by atoms with van der Waals surface area (Å²) >= 11 is 0. The van der Waals surface area contributed by atoms with Gasteiger partial charge in [-0.25, -0.2) is 0 Å². The van der Waals surface area contributed by atoms with Crippen LogP contribution in [0.15, 0.2) is 0 Å². The van der Waals surface area contributed by atoms with E-state index in [9.17, 15) is 4.79 Å². The summed E-state index contributed by atoms with van der Waals surface area (Å²) in [6.07, 6.45) is -0.907. The third kappa shape index (κ3) is 1.90. The van der Waals surface area contributed by atoms with Gasteiger partial charge in [-0.15, -0.1) is 0 Å². The van der Waals surface area contributed by atoms with Crippen molar-refractivity contribution in [3.05, 3.63) is 0 Å². The Balaban J connectivity index is 3.52. The Morgan fingerprint density at radius 2 is 1.88 bits per heavy atom. The summed E-state index contributed by atoms with van der Waals surface area (Å²) in [5.41, 5.74) is 4.77. The number of primary amides is 1. The number of ether oxygens (including phenoxy) is 2. The predicted molar refractivity (Wildman–Crippen MR) is 27.0 cm³/mol. The molecule has 0 bridgehead atoms. The van der Waals surface area contributed by atoms with Gasteiger partial charge in [0.25, 0.3) is 5.91 Å². The van der Waals surface area contributed by atoms with E-state index >= 15 is 0 Å². The van der Waals surface area contributed by atoms with E-state index in [1.165, 1.54) is 14.2 Å². The smallest absolute Gasteiger partial charge is 0.274 e. The molecule has 0 saturated carbocycles. The second kappa shape index (κ2) is 3.40. The standard InChI is InChI=1S/C4H9NO3/c1-7-4(8-2)3(5)6/h4H,1-2H3,(H2,5,6). The van der Waals surface area contributed by atoms with Gasteiger partial charge in [-0.3, -0.25) is 4.79 Å². The highest BCUT2D eigenvalue weighted by Crippen LogP contribution is 1.85. The molecule has 0 aliphatic heterocycles. The van der Waals surface area contributed by atoms with Gasteiger partial charge in [-0.1, -0.05) is 0 Å². The fourth-order valence-electron chi connectivity index (χ4n) is 0.329. The van der Waals surface area contributed by atoms with E-state index in [0.29, 0.717) is 0 Å². The Morgan fingerprint density at radius 3 is 1.88 bits per heavy atom. The van der Waals surface area contributed by atoms with Crippen LogP contribution in [0.2, 0.25) is 0 Å². The van der Waals surface area contributed by atoms with Crippen LogP contribution in [0, 0.1) is 0 Å². The molecule has 0 aromatic rings. The molecule has 0 aliphatic carbocycles. The molecule has 1 amide bonds. The number of amides is 1. The van der Waals surface area contributed by atoms with Crippen LogP contribution in [0.25, 0.3) is 0 Å². The van der Waals surface area contributed by atoms with Gasteiger partial charge in [0.1, 0.15) is 0 Å². The molecular weight excluding hydrogens is 110 g/mol. The zero-order valence-corrected chi connectivity index (χ0v) is 4.88. The highest BCUT2D eigenvalue weighted by Gasteiger charge is 2.10. The van der Waals surface area contributed by atoms with Gasteiger partial charge in [-0.05, 0) is 0 Å². The van der Waals surface area contributed by atoms with Crippen LogP contribution in [0.5, 0.6) is 0 Å². The minimum Gasteiger partial charge on any atom is -0.365 e. The van der Waals surface area contributed by atoms with E-state index in [1.54, 1.807) is 0 Å². The average Bonchev–Trinajstić information content (AvgIpc) is 1.69. The molecule has 4 heteroatoms. The van der Waals surface area contributed by atoms with Crippen molar-refractivity contribution in [2.45, 2.75) is 6.29 Å². The fourth-order valence-corrected chi connectivity index (χ4v) is 0.329. The summed E-state index contributed by atoms with van der Waals surface area (Å²) in [5, 5.41) is 0. The van der Waals surface area contributed by atoms with E-state index in [1.807, 2.05) is 0 Å². The molecule has 0 spiro atoms. The van der Waals surface area contributed by atoms with E-state index < -0.39 is 12.2 Å². The predicted octanol–water partition coefficient (Wildman–Crippen LogP) is -0.909. The normalized spacial score (nSPS) is 9.88. The van der Waals surface area contributed by atoms with Crippen molar-refractivity contribution < 1.29 is 14.3 Å². The number of rotatable bonds is 3. The number of carbonyl (C=O) groups excluding carboxylic acids is 1. The van der Waals surface area contributed by atoms with Crippen molar-refractivity contribution in [1.82, 2.24) is 0 Å². The fraction of sp³-hybridized carbons (Fsp3) is 0.750. The molecule has 0 unspecified atom stereocenters. The van der Waals surface area contributed by atoms with Crippen LogP contribution in [0.3, 0.4) is 0 Å². The Labute approximate surface area is 47.6 Å². The molecule has 0 saturated heterocycles. The zero-order valence-electron chi connectivity index (χ0n) is 4.88. The van der Waals surface area contributed by atoms with Crippen LogP contribution in [-0.4, -0.2) is 26.4 Å². The van der Waals surface area contributed by atoms with Crippen molar-refractivity contribution in [3.63, 3.8) is 0 Å². The van der Waals surface area contributed by atoms with E-state index in [0.717, 1.165) is 0 Å². The summed E-state index contributed by atoms with van der Waals surface area (Å²) in [6.45, 7) is 0. The monoisotopic (exact) mass is 119 g/mol. The molecule has 0 aromatic heterocycles. The van der Waals surface area contributed by atoms with E-state index in [-0.39, 0.29) is 0 Å². The zero-order chi connectivity index (χ0) is 6.57. The Hall–Kier alpha value is -0.610. The van der Waals surface area contributed by atoms with E-state index in [2.05, 4.69) is 9.47 Å². The first-order valence-electron chi connectivity index (χ1n) is 2.07. The Morgan fingerprint density at radius 1 is 1.50 bits per heavy atom. The largest absolute Gasteiger partial charge is 0.365 e. The average molecular weight is 119 g/mol. The lowest BCUT2D eigenvalue weighted by atomic mass is 10.6. The number of nitrogens with two attached hydrogens (primary N) is 1. The SMILES string of the molecule is COC(OC)C(N)=O. The van der Waals surface area contributed by atoms with Crippen molar-refractivity contribution in [1.29, 1.82) is 0 Å². The van der Waals surface area contributed by atoms with Crippen molar-refractivity contribution >= 4 is 5.91 Å². The molecular formula is C4H9NO3. The second-order valence-corrected chi connectivity index (χ2v) is 1.21. The number of methoxy groups -OCH3 is 2. The van der Waals surface area contributed by atoms with Crippen molar-refractivity contribution in [2.75, 3.05) is 14.2 Å². The van der Waals surface area contributed by atoms with Gasteiger partial charge in [-0.2, -0.15) is 0 Å². The second-order valence-electron chi connectivity index (χ2n) is 1.21. The number of hydrogen-bond donors (Lipinski definition) is 1. The molecule has 0 aromatic carbocycles. The lowest BCUT2D eigenvalue weighted by Gasteiger charge is -2.06. The molecule has 0 aliphatic rings. The summed E-state index contributed by atoms with van der Waals surface area (Å²) in [6, 6.07) is 0. The molecule has 4 nitrogen and oxygen atoms in total. The first-order chi connectivity index (χ1) is 3.72. The lowest BCUT2D eigenvalue weighted by Crippen LogP contribution is -2.31. The topological polar surface area (TPSA) is 61.6 Å². The van der Waals surface area contributed by atoms with E-state index in [4.69, 9.17) is 5.73 Å². The minimum absolute atomic E-state index is 0.616. The summed E-state index contributed by atoms with van der Waals surface area (Å²) in [7, 11) is 2.69. The van der Waals surface area contributed by atoms with Crippen molar-refractivity contribution in [2.24, 2.45) is 5.73 Å². The Bertz CT molecular complexity index is 79.4. The first kappa shape index (κ1) is 7.39. The number of hydrogen-bond acceptors (Lipinski definition) is 3. The van der Waals surface area contributed by atoms with Gasteiger partial charge in [0.15, 0.2) is 0 Å². The highest BCUT2D eigenvalue weighted by atomic mass is 16.7. The molecule has 0 radical (unpaired) electrons. The third-order valence-corrected chi connectivity index (χ3v) is 0.660. The van der Waals surface area contributed by atoms with Crippen LogP contribution < -0.4 is 5.73 Å². The maximum atomic E-state index is 10.1. The van der Waals surface area contributed by atoms with Gasteiger partial charge >= 0.3 is 0 Å². The number of carbonyl (C=O) groups is 1. The molecule has 8 heavy (non-hydrogen) atoms. The Kier molecular flexibility index (Phi) is 3.14. The molecule has 0 rings (SSSR count). The first-order valence-corrected chi connectivity index (χ1v) is 2.07. The van der Waals surface area contributed by atoms with Gasteiger partial charge in [0.2, 0.25) is 6.29 Å². The summed E-state index contributed by atoms with van der Waals surface area (Å²) in [4.78, 5) is 10.1. The molecule has 2 N–H and O–H groups in total. The van der Waals surface area contributed by atoms with Crippen molar-refractivity contribution in [3.8, 4) is 0 Å². The molecule has 0 heterocycles. The van der Waals surface area contributed by atoms with Crippen LogP contribution in [-0.2, 0) is 14.3 Å². The quantitative estimate of drug-likeness (QED) is 0.489. The van der Waals surface area contributed by atoms with Crippen LogP contribution in [0.1, 0.15) is 0 Å². The van der Waals surface area contributed by atoms with Crippen LogP contribution >= 0.6 is 0 Å². The van der Waals surface area contributed by atoms with Crippen LogP contribution in [0.4, 0.5) is 0 Å². The maximum Gasteiger partial charge on any atom is 0.274 e. The minimum atomic E-state index is -0.907. The third-order valence-electron chi connectivity index (χ3n) is 0.660. The molecule has 48 valence electrons. The highest BCUT2D eigenvalue weighted by molar-refractivity contribution is 5.77. The summed E-state index contributed by atoms with van der Waals surface area (Å²) in [5.74, 6) is -0.616. The maximum absolute atomic E-state index is 10.1. The van der Waals surface area contributed by atoms with Gasteiger partial charge < -0.3 is 15.2 Å². The summed E-state index contributed by atoms with van der Waals surface area (Å²) < 4.78 is 8.93. The molecule has 0 atom stereocenters. The molecule has 0 fully saturated rings. The van der Waals surface area contributed by atoms with Gasteiger partial charge in [0.05, 0.1) is 0 Å². The van der Waals surface area contributed by atoms with Gasteiger partial charge in [0, 0.05) is 14.2 Å². The lowest BCUT2D eigenvalue weighted by molar-refractivity contribution is -0.155.